The molecule has 1 N–H and O–H groups in total. The largest absolute Gasteiger partial charge is 0.357 e. The lowest BCUT2D eigenvalue weighted by Crippen LogP contribution is -2.51. The van der Waals surface area contributed by atoms with Crippen LogP contribution in [0.2, 0.25) is 20.1 Å². The van der Waals surface area contributed by atoms with E-state index in [-0.39, 0.29) is 28.6 Å². The van der Waals surface area contributed by atoms with E-state index in [1.165, 1.54) is 42.3 Å². The summed E-state index contributed by atoms with van der Waals surface area (Å²) in [7, 11) is -2.81. The fourth-order valence-electron chi connectivity index (χ4n) is 3.86. The molecule has 0 aliphatic carbocycles. The second-order valence-corrected chi connectivity index (χ2v) is 11.7. The van der Waals surface area contributed by atoms with E-state index in [0.717, 1.165) is 4.31 Å². The smallest absolute Gasteiger partial charge is 0.264 e. The van der Waals surface area contributed by atoms with Crippen molar-refractivity contribution in [3.8, 4) is 0 Å². The first kappa shape index (κ1) is 30.1. The van der Waals surface area contributed by atoms with Crippen LogP contribution in [0.5, 0.6) is 0 Å². The molecule has 1 unspecified atom stereocenters. The number of carbonyl (C=O) groups excluding carboxylic acids is 2. The summed E-state index contributed by atoms with van der Waals surface area (Å²) >= 11 is 25.2. The Morgan fingerprint density at radius 3 is 2.08 bits per heavy atom. The van der Waals surface area contributed by atoms with Crippen LogP contribution in [0.25, 0.3) is 0 Å². The van der Waals surface area contributed by atoms with E-state index in [4.69, 9.17) is 46.4 Å². The normalized spacial score (nSPS) is 12.1. The number of carbonyl (C=O) groups is 2. The zero-order valence-corrected chi connectivity index (χ0v) is 24.3. The Kier molecular flexibility index (Phi) is 10.3. The predicted octanol–water partition coefficient (Wildman–Crippen LogP) is 6.05. The maximum absolute atomic E-state index is 13.9. The van der Waals surface area contributed by atoms with Crippen LogP contribution in [0.1, 0.15) is 18.9 Å². The molecular weight excluding hydrogens is 592 g/mol. The summed E-state index contributed by atoms with van der Waals surface area (Å²) in [5.41, 5.74) is 0.477. The number of rotatable bonds is 10. The maximum atomic E-state index is 13.9. The first-order valence-corrected chi connectivity index (χ1v) is 14.4. The molecule has 0 fully saturated rings. The van der Waals surface area contributed by atoms with Gasteiger partial charge in [-0.1, -0.05) is 77.6 Å². The van der Waals surface area contributed by atoms with E-state index < -0.39 is 34.4 Å². The molecule has 3 aromatic carbocycles. The molecule has 7 nitrogen and oxygen atoms in total. The van der Waals surface area contributed by atoms with Crippen molar-refractivity contribution in [1.29, 1.82) is 0 Å². The minimum absolute atomic E-state index is 0.0313. The van der Waals surface area contributed by atoms with E-state index in [9.17, 15) is 18.0 Å². The number of hydrogen-bond acceptors (Lipinski definition) is 4. The van der Waals surface area contributed by atoms with E-state index in [0.29, 0.717) is 20.6 Å². The Labute approximate surface area is 242 Å². The number of nitrogens with zero attached hydrogens (tertiary/aromatic N) is 2. The molecule has 2 amide bonds. The fourth-order valence-corrected chi connectivity index (χ4v) is 6.39. The molecule has 0 heterocycles. The molecule has 1 atom stereocenters. The number of nitrogens with one attached hydrogen (secondary N) is 1. The van der Waals surface area contributed by atoms with Crippen molar-refractivity contribution >= 4 is 73.9 Å². The highest BCUT2D eigenvalue weighted by Crippen LogP contribution is 2.33. The van der Waals surface area contributed by atoms with Crippen LogP contribution in [0.15, 0.2) is 71.6 Å². The van der Waals surface area contributed by atoms with Crippen LogP contribution in [0, 0.1) is 0 Å². The number of amides is 2. The number of sulfonamides is 1. The van der Waals surface area contributed by atoms with Crippen LogP contribution in [-0.2, 0) is 26.2 Å². The van der Waals surface area contributed by atoms with Gasteiger partial charge in [-0.25, -0.2) is 8.42 Å². The first-order chi connectivity index (χ1) is 18.0. The van der Waals surface area contributed by atoms with E-state index in [2.05, 4.69) is 5.32 Å². The van der Waals surface area contributed by atoms with Crippen molar-refractivity contribution in [2.45, 2.75) is 30.8 Å². The zero-order valence-electron chi connectivity index (χ0n) is 20.5. The van der Waals surface area contributed by atoms with Gasteiger partial charge in [-0.2, -0.15) is 0 Å². The second kappa shape index (κ2) is 13.0. The number of likely N-dealkylation sites (N-methyl/N-ethyl adjacent to an activating group) is 1. The molecule has 0 radical (unpaired) electrons. The summed E-state index contributed by atoms with van der Waals surface area (Å²) in [5.74, 6) is -1.09. The van der Waals surface area contributed by atoms with Crippen molar-refractivity contribution in [2.75, 3.05) is 17.9 Å². The molecule has 0 saturated heterocycles. The third-order valence-electron chi connectivity index (χ3n) is 5.81. The van der Waals surface area contributed by atoms with Gasteiger partial charge >= 0.3 is 0 Å². The summed E-state index contributed by atoms with van der Waals surface area (Å²) in [6, 6.07) is 15.9. The minimum atomic E-state index is -4.26. The second-order valence-electron chi connectivity index (χ2n) is 8.18. The number of benzene rings is 3. The Hall–Kier alpha value is -2.49. The average Bonchev–Trinajstić information content (AvgIpc) is 2.89. The van der Waals surface area contributed by atoms with Crippen molar-refractivity contribution in [3.05, 3.63) is 92.4 Å². The van der Waals surface area contributed by atoms with Crippen LogP contribution < -0.4 is 9.62 Å². The van der Waals surface area contributed by atoms with Gasteiger partial charge in [-0.05, 0) is 48.9 Å². The van der Waals surface area contributed by atoms with Crippen molar-refractivity contribution in [2.24, 2.45) is 0 Å². The molecule has 38 heavy (non-hydrogen) atoms. The van der Waals surface area contributed by atoms with E-state index in [1.807, 2.05) is 0 Å². The topological polar surface area (TPSA) is 86.8 Å². The lowest BCUT2D eigenvalue weighted by Gasteiger charge is -2.33. The Morgan fingerprint density at radius 1 is 0.895 bits per heavy atom. The highest BCUT2D eigenvalue weighted by molar-refractivity contribution is 7.92. The standard InChI is InChI=1S/C26H25Cl4N3O4S/c1-3-23(26(35)31-2)32(15-19-20(28)10-7-11-21(19)29)25(34)16-33(24-13-12-17(27)14-22(24)30)38(36,37)18-8-5-4-6-9-18/h4-14,23H,3,15-16H2,1-2H3,(H,31,35). The van der Waals surface area contributed by atoms with Gasteiger partial charge in [-0.15, -0.1) is 0 Å². The Balaban J connectivity index is 2.12. The van der Waals surface area contributed by atoms with Gasteiger partial charge in [0, 0.05) is 34.2 Å². The van der Waals surface area contributed by atoms with Gasteiger partial charge in [0.1, 0.15) is 12.6 Å². The molecule has 0 bridgehead atoms. The molecule has 3 aromatic rings. The zero-order chi connectivity index (χ0) is 28.0. The molecule has 0 aliphatic heterocycles. The van der Waals surface area contributed by atoms with Gasteiger partial charge in [0.25, 0.3) is 10.0 Å². The van der Waals surface area contributed by atoms with Crippen molar-refractivity contribution in [1.82, 2.24) is 10.2 Å². The summed E-state index contributed by atoms with van der Waals surface area (Å²) in [6.07, 6.45) is 0.251. The van der Waals surface area contributed by atoms with Crippen LogP contribution in [-0.4, -0.2) is 44.8 Å². The number of hydrogen-bond donors (Lipinski definition) is 1. The van der Waals surface area contributed by atoms with Crippen molar-refractivity contribution in [3.63, 3.8) is 0 Å². The highest BCUT2D eigenvalue weighted by Gasteiger charge is 2.34. The first-order valence-electron chi connectivity index (χ1n) is 11.5. The van der Waals surface area contributed by atoms with Crippen LogP contribution in [0.4, 0.5) is 5.69 Å². The number of halogens is 4. The average molecular weight is 617 g/mol. The van der Waals surface area contributed by atoms with Gasteiger partial charge in [-0.3, -0.25) is 13.9 Å². The summed E-state index contributed by atoms with van der Waals surface area (Å²) in [4.78, 5) is 27.9. The summed E-state index contributed by atoms with van der Waals surface area (Å²) < 4.78 is 28.4. The monoisotopic (exact) mass is 615 g/mol. The third-order valence-corrected chi connectivity index (χ3v) is 8.83. The minimum Gasteiger partial charge on any atom is -0.357 e. The summed E-state index contributed by atoms with van der Waals surface area (Å²) in [5, 5.41) is 3.49. The van der Waals surface area contributed by atoms with E-state index in [1.54, 1.807) is 43.3 Å². The predicted molar refractivity (Wildman–Crippen MR) is 153 cm³/mol. The molecule has 0 saturated carbocycles. The third kappa shape index (κ3) is 6.74. The lowest BCUT2D eigenvalue weighted by atomic mass is 10.1. The number of anilines is 1. The molecule has 0 aliphatic rings. The SMILES string of the molecule is CCC(C(=O)NC)N(Cc1c(Cl)cccc1Cl)C(=O)CN(c1ccc(Cl)cc1Cl)S(=O)(=O)c1ccccc1. The molecular formula is C26H25Cl4N3O4S. The summed E-state index contributed by atoms with van der Waals surface area (Å²) in [6.45, 7) is 0.952. The van der Waals surface area contributed by atoms with Crippen molar-refractivity contribution < 1.29 is 18.0 Å². The van der Waals surface area contributed by atoms with Gasteiger partial charge < -0.3 is 10.2 Å². The Bertz CT molecular complexity index is 1400. The van der Waals surface area contributed by atoms with Crippen LogP contribution >= 0.6 is 46.4 Å². The van der Waals surface area contributed by atoms with Crippen LogP contribution in [0.3, 0.4) is 0 Å². The Morgan fingerprint density at radius 2 is 1.53 bits per heavy atom. The molecule has 3 rings (SSSR count). The molecule has 0 spiro atoms. The molecule has 12 heteroatoms. The molecule has 0 aromatic heterocycles. The van der Waals surface area contributed by atoms with Gasteiger partial charge in [0.05, 0.1) is 15.6 Å². The van der Waals surface area contributed by atoms with Gasteiger partial charge in [0.2, 0.25) is 11.8 Å². The van der Waals surface area contributed by atoms with Gasteiger partial charge in [0.15, 0.2) is 0 Å². The highest BCUT2D eigenvalue weighted by atomic mass is 35.5. The maximum Gasteiger partial charge on any atom is 0.264 e. The lowest BCUT2D eigenvalue weighted by molar-refractivity contribution is -0.140. The molecule has 202 valence electrons. The van der Waals surface area contributed by atoms with E-state index >= 15 is 0 Å². The fraction of sp³-hybridized carbons (Fsp3) is 0.231. The quantitative estimate of drug-likeness (QED) is 0.300.